The summed E-state index contributed by atoms with van der Waals surface area (Å²) in [5, 5.41) is 1.98. The van der Waals surface area contributed by atoms with Crippen molar-refractivity contribution >= 4 is 28.2 Å². The maximum atomic E-state index is 13.4. The minimum Gasteiger partial charge on any atom is -0.468 e. The zero-order valence-electron chi connectivity index (χ0n) is 17.2. The highest BCUT2D eigenvalue weighted by Gasteiger charge is 2.33. The Morgan fingerprint density at radius 3 is 2.86 bits per heavy atom. The first-order chi connectivity index (χ1) is 14.1. The number of methoxy groups -OCH3 is 1. The number of thiazole rings is 1. The summed E-state index contributed by atoms with van der Waals surface area (Å²) in [6, 6.07) is -0.257. The second-order valence-corrected chi connectivity index (χ2v) is 8.79. The van der Waals surface area contributed by atoms with Crippen LogP contribution in [0.5, 0.6) is 0 Å². The number of piperidine rings is 1. The maximum Gasteiger partial charge on any atom is 0.323 e. The van der Waals surface area contributed by atoms with Gasteiger partial charge in [0.15, 0.2) is 10.7 Å². The van der Waals surface area contributed by atoms with Gasteiger partial charge in [-0.3, -0.25) is 18.9 Å². The smallest absolute Gasteiger partial charge is 0.323 e. The molecule has 8 nitrogen and oxygen atoms in total. The number of hydrogen-bond donors (Lipinski definition) is 0. The lowest BCUT2D eigenvalue weighted by atomic mass is 10.0. The van der Waals surface area contributed by atoms with Gasteiger partial charge in [-0.05, 0) is 39.4 Å². The molecule has 2 fully saturated rings. The molecule has 2 aromatic rings. The van der Waals surface area contributed by atoms with Crippen molar-refractivity contribution in [2.45, 2.75) is 38.3 Å². The standard InChI is InChI=1S/C20H29N5O3S/c1-22-7-5-9-23(11-10-22)18(26)17-16(25-12-13-29-20(25)21-17)14-24-8-4-3-6-15(24)19(27)28-2/h12-13,15H,3-11,14H2,1-2H3. The topological polar surface area (TPSA) is 70.4 Å². The molecule has 1 unspecified atom stereocenters. The number of esters is 1. The lowest BCUT2D eigenvalue weighted by Gasteiger charge is -2.33. The Labute approximate surface area is 175 Å². The van der Waals surface area contributed by atoms with Gasteiger partial charge in [0, 0.05) is 37.8 Å². The van der Waals surface area contributed by atoms with Crippen LogP contribution in [0.4, 0.5) is 0 Å². The molecule has 0 spiro atoms. The summed E-state index contributed by atoms with van der Waals surface area (Å²) in [6.07, 6.45) is 5.78. The van der Waals surface area contributed by atoms with Gasteiger partial charge in [-0.25, -0.2) is 4.98 Å². The lowest BCUT2D eigenvalue weighted by molar-refractivity contribution is -0.148. The van der Waals surface area contributed by atoms with Crippen molar-refractivity contribution in [2.75, 3.05) is 46.9 Å². The summed E-state index contributed by atoms with van der Waals surface area (Å²) < 4.78 is 7.03. The summed E-state index contributed by atoms with van der Waals surface area (Å²) in [6.45, 7) is 4.69. The molecule has 1 amide bonds. The number of likely N-dealkylation sites (tertiary alicyclic amines) is 1. The van der Waals surface area contributed by atoms with Crippen molar-refractivity contribution in [1.29, 1.82) is 0 Å². The van der Waals surface area contributed by atoms with E-state index in [-0.39, 0.29) is 17.9 Å². The van der Waals surface area contributed by atoms with E-state index >= 15 is 0 Å². The fourth-order valence-electron chi connectivity index (χ4n) is 4.33. The zero-order chi connectivity index (χ0) is 20.4. The molecule has 0 aromatic carbocycles. The fourth-order valence-corrected chi connectivity index (χ4v) is 5.06. The van der Waals surface area contributed by atoms with Gasteiger partial charge in [0.05, 0.1) is 12.8 Å². The van der Waals surface area contributed by atoms with Crippen LogP contribution in [0.15, 0.2) is 11.6 Å². The van der Waals surface area contributed by atoms with Crippen LogP contribution in [0, 0.1) is 0 Å². The lowest BCUT2D eigenvalue weighted by Crippen LogP contribution is -2.45. The van der Waals surface area contributed by atoms with Gasteiger partial charge in [-0.1, -0.05) is 6.42 Å². The predicted molar refractivity (Wildman–Crippen MR) is 111 cm³/mol. The maximum absolute atomic E-state index is 13.4. The number of fused-ring (bicyclic) bond motifs is 1. The van der Waals surface area contributed by atoms with Crippen molar-refractivity contribution in [2.24, 2.45) is 0 Å². The van der Waals surface area contributed by atoms with E-state index < -0.39 is 0 Å². The molecular formula is C20H29N5O3S. The number of ether oxygens (including phenoxy) is 1. The minimum atomic E-state index is -0.257. The highest BCUT2D eigenvalue weighted by atomic mass is 32.1. The normalized spacial score (nSPS) is 22.0. The highest BCUT2D eigenvalue weighted by Crippen LogP contribution is 2.25. The largest absolute Gasteiger partial charge is 0.468 e. The summed E-state index contributed by atoms with van der Waals surface area (Å²) in [7, 11) is 3.53. The molecular weight excluding hydrogens is 390 g/mol. The second kappa shape index (κ2) is 8.81. The molecule has 29 heavy (non-hydrogen) atoms. The van der Waals surface area contributed by atoms with E-state index in [0.717, 1.165) is 62.5 Å². The number of imidazole rings is 1. The first kappa shape index (κ1) is 20.3. The Balaban J connectivity index is 1.62. The first-order valence-corrected chi connectivity index (χ1v) is 11.2. The molecule has 2 aliphatic rings. The molecule has 2 aliphatic heterocycles. The van der Waals surface area contributed by atoms with E-state index in [1.807, 2.05) is 20.9 Å². The molecule has 2 aromatic heterocycles. The number of likely N-dealkylation sites (N-methyl/N-ethyl adjacent to an activating group) is 1. The third-order valence-corrected chi connectivity index (χ3v) is 6.77. The number of hydrogen-bond acceptors (Lipinski definition) is 7. The van der Waals surface area contributed by atoms with Gasteiger partial charge >= 0.3 is 5.97 Å². The molecule has 158 valence electrons. The Morgan fingerprint density at radius 2 is 2.03 bits per heavy atom. The molecule has 0 saturated carbocycles. The Hall–Kier alpha value is -1.97. The summed E-state index contributed by atoms with van der Waals surface area (Å²) >= 11 is 1.53. The molecule has 0 radical (unpaired) electrons. The third kappa shape index (κ3) is 4.17. The van der Waals surface area contributed by atoms with E-state index in [4.69, 9.17) is 4.74 Å². The Kier molecular flexibility index (Phi) is 6.17. The van der Waals surface area contributed by atoms with E-state index in [1.54, 1.807) is 0 Å². The third-order valence-electron chi connectivity index (χ3n) is 6.01. The van der Waals surface area contributed by atoms with Crippen LogP contribution in [-0.2, 0) is 16.1 Å². The molecule has 4 heterocycles. The van der Waals surface area contributed by atoms with Crippen LogP contribution in [-0.4, -0.2) is 88.9 Å². The Bertz CT molecular complexity index is 879. The van der Waals surface area contributed by atoms with Gasteiger partial charge in [0.2, 0.25) is 0 Å². The molecule has 2 saturated heterocycles. The van der Waals surface area contributed by atoms with Crippen LogP contribution < -0.4 is 0 Å². The van der Waals surface area contributed by atoms with Gasteiger partial charge in [-0.2, -0.15) is 0 Å². The Morgan fingerprint density at radius 1 is 1.17 bits per heavy atom. The van der Waals surface area contributed by atoms with E-state index in [9.17, 15) is 9.59 Å². The van der Waals surface area contributed by atoms with Crippen molar-refractivity contribution in [3.63, 3.8) is 0 Å². The van der Waals surface area contributed by atoms with Gasteiger partial charge in [0.1, 0.15) is 6.04 Å². The fraction of sp³-hybridized carbons (Fsp3) is 0.650. The van der Waals surface area contributed by atoms with Gasteiger partial charge in [-0.15, -0.1) is 11.3 Å². The molecule has 0 N–H and O–H groups in total. The van der Waals surface area contributed by atoms with E-state index in [1.165, 1.54) is 18.4 Å². The predicted octanol–water partition coefficient (Wildman–Crippen LogP) is 1.70. The average molecular weight is 420 g/mol. The summed E-state index contributed by atoms with van der Waals surface area (Å²) in [4.78, 5) is 37.5. The SMILES string of the molecule is COC(=O)C1CCCCN1Cc1c(C(=O)N2CCCN(C)CC2)nc2sccn12. The molecule has 0 bridgehead atoms. The minimum absolute atomic E-state index is 0.00201. The van der Waals surface area contributed by atoms with Crippen LogP contribution in [0.1, 0.15) is 41.9 Å². The molecule has 4 rings (SSSR count). The van der Waals surface area contributed by atoms with Gasteiger partial charge < -0.3 is 14.5 Å². The number of carbonyl (C=O) groups excluding carboxylic acids is 2. The van der Waals surface area contributed by atoms with Crippen molar-refractivity contribution in [3.05, 3.63) is 23.0 Å². The second-order valence-electron chi connectivity index (χ2n) is 7.92. The van der Waals surface area contributed by atoms with Crippen LogP contribution in [0.2, 0.25) is 0 Å². The monoisotopic (exact) mass is 419 g/mol. The summed E-state index contributed by atoms with van der Waals surface area (Å²) in [5.41, 5.74) is 1.40. The van der Waals surface area contributed by atoms with Gasteiger partial charge in [0.25, 0.3) is 5.91 Å². The summed E-state index contributed by atoms with van der Waals surface area (Å²) in [5.74, 6) is -0.197. The molecule has 0 aliphatic carbocycles. The van der Waals surface area contributed by atoms with Crippen LogP contribution in [0.3, 0.4) is 0 Å². The number of rotatable bonds is 4. The number of nitrogens with zero attached hydrogens (tertiary/aromatic N) is 5. The van der Waals surface area contributed by atoms with Crippen LogP contribution >= 0.6 is 11.3 Å². The quantitative estimate of drug-likeness (QED) is 0.703. The zero-order valence-corrected chi connectivity index (χ0v) is 18.0. The van der Waals surface area contributed by atoms with Crippen LogP contribution in [0.25, 0.3) is 4.96 Å². The number of amides is 1. The van der Waals surface area contributed by atoms with Crippen molar-refractivity contribution in [1.82, 2.24) is 24.1 Å². The number of aromatic nitrogens is 2. The average Bonchev–Trinajstić information content (AvgIpc) is 3.25. The van der Waals surface area contributed by atoms with Crippen molar-refractivity contribution in [3.8, 4) is 0 Å². The first-order valence-electron chi connectivity index (χ1n) is 10.3. The molecule has 1 atom stereocenters. The number of carbonyl (C=O) groups is 2. The van der Waals surface area contributed by atoms with E-state index in [2.05, 4.69) is 21.8 Å². The molecule has 9 heteroatoms. The van der Waals surface area contributed by atoms with E-state index in [0.29, 0.717) is 18.8 Å². The highest BCUT2D eigenvalue weighted by molar-refractivity contribution is 7.15. The van der Waals surface area contributed by atoms with Crippen molar-refractivity contribution < 1.29 is 14.3 Å².